The molecule has 4 nitrogen and oxygen atoms in total. The minimum Gasteiger partial charge on any atom is -0.497 e. The maximum atomic E-state index is 6.24. The number of benzene rings is 1. The van der Waals surface area contributed by atoms with Gasteiger partial charge in [-0.25, -0.2) is 0 Å². The third kappa shape index (κ3) is 2.68. The predicted molar refractivity (Wildman–Crippen MR) is 85.4 cm³/mol. The van der Waals surface area contributed by atoms with Gasteiger partial charge in [0.1, 0.15) is 5.75 Å². The Bertz CT molecular complexity index is 467. The molecule has 0 aliphatic carbocycles. The Kier molecular flexibility index (Phi) is 4.20. The maximum absolute atomic E-state index is 6.24. The zero-order valence-electron chi connectivity index (χ0n) is 13.2. The van der Waals surface area contributed by atoms with Gasteiger partial charge in [0.15, 0.2) is 0 Å². The molecular weight excluding hydrogens is 262 g/mol. The van der Waals surface area contributed by atoms with Gasteiger partial charge in [-0.05, 0) is 56.6 Å². The minimum absolute atomic E-state index is 0.149. The number of likely N-dealkylation sites (N-methyl/N-ethyl adjacent to an activating group) is 1. The summed E-state index contributed by atoms with van der Waals surface area (Å²) in [6, 6.07) is 8.38. The summed E-state index contributed by atoms with van der Waals surface area (Å²) in [6.45, 7) is 5.33. The van der Waals surface area contributed by atoms with Crippen LogP contribution in [0.4, 0.5) is 0 Å². The van der Waals surface area contributed by atoms with Crippen molar-refractivity contribution in [2.75, 3.05) is 40.3 Å². The summed E-state index contributed by atoms with van der Waals surface area (Å²) in [5.41, 5.74) is 7.71. The van der Waals surface area contributed by atoms with Crippen molar-refractivity contribution in [3.8, 4) is 5.75 Å². The van der Waals surface area contributed by atoms with Crippen LogP contribution in [0.25, 0.3) is 0 Å². The zero-order chi connectivity index (χ0) is 14.9. The van der Waals surface area contributed by atoms with Crippen LogP contribution in [-0.4, -0.2) is 55.7 Å². The number of ether oxygens (including phenoxy) is 1. The van der Waals surface area contributed by atoms with E-state index in [9.17, 15) is 0 Å². The Morgan fingerprint density at radius 1 is 1.29 bits per heavy atom. The Hall–Kier alpha value is -1.10. The van der Waals surface area contributed by atoms with E-state index in [1.165, 1.54) is 31.5 Å². The SMILES string of the molecule is COc1ccc(CN(C)C2(CN)CN3CCC2CC3)cc1. The van der Waals surface area contributed by atoms with Crippen LogP contribution in [0, 0.1) is 5.92 Å². The largest absolute Gasteiger partial charge is 0.497 e. The number of fused-ring (bicyclic) bond motifs is 3. The van der Waals surface area contributed by atoms with Gasteiger partial charge in [0, 0.05) is 25.2 Å². The Balaban J connectivity index is 1.74. The van der Waals surface area contributed by atoms with Crippen LogP contribution in [0.3, 0.4) is 0 Å². The summed E-state index contributed by atoms with van der Waals surface area (Å²) in [5.74, 6) is 1.66. The third-order valence-electron chi connectivity index (χ3n) is 5.54. The number of hydrogen-bond donors (Lipinski definition) is 1. The highest BCUT2D eigenvalue weighted by molar-refractivity contribution is 5.27. The fourth-order valence-corrected chi connectivity index (χ4v) is 4.13. The summed E-state index contributed by atoms with van der Waals surface area (Å²) in [7, 11) is 3.94. The van der Waals surface area contributed by atoms with Crippen LogP contribution in [0.2, 0.25) is 0 Å². The van der Waals surface area contributed by atoms with Gasteiger partial charge >= 0.3 is 0 Å². The van der Waals surface area contributed by atoms with E-state index in [2.05, 4.69) is 29.0 Å². The lowest BCUT2D eigenvalue weighted by atomic mass is 9.71. The highest BCUT2D eigenvalue weighted by atomic mass is 16.5. The second-order valence-corrected chi connectivity index (χ2v) is 6.56. The second kappa shape index (κ2) is 5.95. The first kappa shape index (κ1) is 14.8. The normalized spacial score (nSPS) is 31.6. The summed E-state index contributed by atoms with van der Waals surface area (Å²) < 4.78 is 5.23. The fourth-order valence-electron chi connectivity index (χ4n) is 4.13. The zero-order valence-corrected chi connectivity index (χ0v) is 13.2. The van der Waals surface area contributed by atoms with Gasteiger partial charge < -0.3 is 15.4 Å². The molecule has 1 aromatic carbocycles. The monoisotopic (exact) mass is 289 g/mol. The molecule has 0 spiro atoms. The molecule has 3 fully saturated rings. The molecule has 1 atom stereocenters. The number of methoxy groups -OCH3 is 1. The molecule has 0 amide bonds. The Labute approximate surface area is 127 Å². The van der Waals surface area contributed by atoms with Gasteiger partial charge in [-0.15, -0.1) is 0 Å². The molecule has 3 aliphatic heterocycles. The van der Waals surface area contributed by atoms with Crippen LogP contribution in [0.15, 0.2) is 24.3 Å². The molecule has 0 aromatic heterocycles. The smallest absolute Gasteiger partial charge is 0.118 e. The molecule has 1 aromatic rings. The Morgan fingerprint density at radius 2 is 1.95 bits per heavy atom. The molecule has 2 bridgehead atoms. The summed E-state index contributed by atoms with van der Waals surface area (Å²) in [5, 5.41) is 0. The van der Waals surface area contributed by atoms with E-state index in [4.69, 9.17) is 10.5 Å². The van der Waals surface area contributed by atoms with Crippen molar-refractivity contribution < 1.29 is 4.74 Å². The first-order valence-electron chi connectivity index (χ1n) is 7.94. The van der Waals surface area contributed by atoms with Crippen molar-refractivity contribution in [1.29, 1.82) is 0 Å². The van der Waals surface area contributed by atoms with Crippen molar-refractivity contribution in [3.05, 3.63) is 29.8 Å². The average Bonchev–Trinajstić information content (AvgIpc) is 2.56. The first-order valence-corrected chi connectivity index (χ1v) is 7.94. The van der Waals surface area contributed by atoms with E-state index in [0.29, 0.717) is 0 Å². The fraction of sp³-hybridized carbons (Fsp3) is 0.647. The lowest BCUT2D eigenvalue weighted by Crippen LogP contribution is -2.69. The average molecular weight is 289 g/mol. The van der Waals surface area contributed by atoms with Gasteiger partial charge in [0.2, 0.25) is 0 Å². The lowest BCUT2D eigenvalue weighted by Gasteiger charge is -2.57. The maximum Gasteiger partial charge on any atom is 0.118 e. The van der Waals surface area contributed by atoms with Crippen molar-refractivity contribution in [2.24, 2.45) is 11.7 Å². The van der Waals surface area contributed by atoms with Crippen LogP contribution in [0.5, 0.6) is 5.75 Å². The molecular formula is C17H27N3O. The van der Waals surface area contributed by atoms with Gasteiger partial charge in [-0.1, -0.05) is 12.1 Å². The van der Waals surface area contributed by atoms with Gasteiger partial charge in [-0.3, -0.25) is 4.90 Å². The summed E-state index contributed by atoms with van der Waals surface area (Å²) in [6.07, 6.45) is 2.59. The van der Waals surface area contributed by atoms with Crippen LogP contribution in [0.1, 0.15) is 18.4 Å². The molecule has 3 heterocycles. The van der Waals surface area contributed by atoms with E-state index in [1.54, 1.807) is 7.11 Å². The van der Waals surface area contributed by atoms with E-state index in [-0.39, 0.29) is 5.54 Å². The van der Waals surface area contributed by atoms with Crippen molar-refractivity contribution >= 4 is 0 Å². The molecule has 21 heavy (non-hydrogen) atoms. The first-order chi connectivity index (χ1) is 10.2. The molecule has 4 rings (SSSR count). The minimum atomic E-state index is 0.149. The number of nitrogens with zero attached hydrogens (tertiary/aromatic N) is 2. The van der Waals surface area contributed by atoms with E-state index >= 15 is 0 Å². The van der Waals surface area contributed by atoms with Gasteiger partial charge in [-0.2, -0.15) is 0 Å². The molecule has 0 saturated carbocycles. The number of nitrogens with two attached hydrogens (primary N) is 1. The van der Waals surface area contributed by atoms with Crippen molar-refractivity contribution in [2.45, 2.75) is 24.9 Å². The van der Waals surface area contributed by atoms with Crippen molar-refractivity contribution in [1.82, 2.24) is 9.80 Å². The number of rotatable bonds is 5. The second-order valence-electron chi connectivity index (χ2n) is 6.56. The highest BCUT2D eigenvalue weighted by Gasteiger charge is 2.48. The van der Waals surface area contributed by atoms with Gasteiger partial charge in [0.25, 0.3) is 0 Å². The third-order valence-corrected chi connectivity index (χ3v) is 5.54. The van der Waals surface area contributed by atoms with Gasteiger partial charge in [0.05, 0.1) is 7.11 Å². The number of hydrogen-bond acceptors (Lipinski definition) is 4. The van der Waals surface area contributed by atoms with Crippen LogP contribution >= 0.6 is 0 Å². The molecule has 116 valence electrons. The standard InChI is InChI=1S/C17H27N3O/c1-19(11-14-3-5-16(21-2)6-4-14)17(12-18)13-20-9-7-15(17)8-10-20/h3-6,15H,7-13,18H2,1-2H3. The van der Waals surface area contributed by atoms with Crippen LogP contribution < -0.4 is 10.5 Å². The molecule has 1 unspecified atom stereocenters. The quantitative estimate of drug-likeness (QED) is 0.893. The lowest BCUT2D eigenvalue weighted by molar-refractivity contribution is -0.0596. The van der Waals surface area contributed by atoms with E-state index in [0.717, 1.165) is 31.3 Å². The predicted octanol–water partition coefficient (Wildman–Crippen LogP) is 1.55. The summed E-state index contributed by atoms with van der Waals surface area (Å²) >= 11 is 0. The highest BCUT2D eigenvalue weighted by Crippen LogP contribution is 2.39. The molecule has 2 N–H and O–H groups in total. The molecule has 0 radical (unpaired) electrons. The van der Waals surface area contributed by atoms with E-state index < -0.39 is 0 Å². The number of piperidine rings is 3. The Morgan fingerprint density at radius 3 is 2.43 bits per heavy atom. The summed E-state index contributed by atoms with van der Waals surface area (Å²) in [4.78, 5) is 5.07. The molecule has 4 heteroatoms. The van der Waals surface area contributed by atoms with Crippen molar-refractivity contribution in [3.63, 3.8) is 0 Å². The topological polar surface area (TPSA) is 41.7 Å². The van der Waals surface area contributed by atoms with Crippen LogP contribution in [-0.2, 0) is 6.54 Å². The molecule has 3 saturated heterocycles. The molecule has 3 aliphatic rings. The van der Waals surface area contributed by atoms with E-state index in [1.807, 2.05) is 12.1 Å².